The quantitative estimate of drug-likeness (QED) is 0.801. The van der Waals surface area contributed by atoms with Crippen molar-refractivity contribution in [2.24, 2.45) is 0 Å². The van der Waals surface area contributed by atoms with Crippen molar-refractivity contribution in [3.63, 3.8) is 0 Å². The van der Waals surface area contributed by atoms with E-state index in [1.165, 1.54) is 0 Å². The number of benzene rings is 1. The molecule has 1 aromatic carbocycles. The maximum absolute atomic E-state index is 12.1. The van der Waals surface area contributed by atoms with Gasteiger partial charge in [-0.25, -0.2) is 8.42 Å². The number of aryl methyl sites for hydroxylation is 2. The summed E-state index contributed by atoms with van der Waals surface area (Å²) in [5, 5.41) is 0. The van der Waals surface area contributed by atoms with Crippen LogP contribution in [0, 0.1) is 0 Å². The molecule has 3 N–H and O–H groups in total. The minimum atomic E-state index is -3.41. The van der Waals surface area contributed by atoms with Crippen molar-refractivity contribution in [2.75, 3.05) is 16.2 Å². The third-order valence-electron chi connectivity index (χ3n) is 3.15. The average molecular weight is 305 g/mol. The summed E-state index contributed by atoms with van der Waals surface area (Å²) in [5.41, 5.74) is 8.72. The molecule has 0 saturated heterocycles. The lowest BCUT2D eigenvalue weighted by Crippen LogP contribution is -2.18. The van der Waals surface area contributed by atoms with E-state index < -0.39 is 10.0 Å². The minimum absolute atomic E-state index is 0.0144. The van der Waals surface area contributed by atoms with Gasteiger partial charge in [-0.15, -0.1) is 0 Å². The van der Waals surface area contributed by atoms with Crippen LogP contribution in [-0.4, -0.2) is 19.2 Å². The van der Waals surface area contributed by atoms with Crippen LogP contribution in [0.2, 0.25) is 0 Å². The first kappa shape index (κ1) is 15.3. The molecular weight excluding hydrogens is 286 g/mol. The van der Waals surface area contributed by atoms with Gasteiger partial charge in [0.1, 0.15) is 0 Å². The monoisotopic (exact) mass is 305 g/mol. The molecule has 0 amide bonds. The van der Waals surface area contributed by atoms with Gasteiger partial charge in [-0.1, -0.05) is 19.1 Å². The van der Waals surface area contributed by atoms with Crippen molar-refractivity contribution >= 4 is 21.4 Å². The lowest BCUT2D eigenvalue weighted by atomic mass is 10.1. The van der Waals surface area contributed by atoms with Crippen molar-refractivity contribution in [3.05, 3.63) is 53.9 Å². The molecule has 0 aliphatic heterocycles. The van der Waals surface area contributed by atoms with Crippen LogP contribution < -0.4 is 10.5 Å². The fraction of sp³-hybridized carbons (Fsp3) is 0.267. The van der Waals surface area contributed by atoms with Gasteiger partial charge in [0.05, 0.1) is 11.4 Å². The molecule has 2 rings (SSSR count). The minimum Gasteiger partial charge on any atom is -0.398 e. The second-order valence-electron chi connectivity index (χ2n) is 4.76. The topological polar surface area (TPSA) is 85.1 Å². The van der Waals surface area contributed by atoms with Gasteiger partial charge >= 0.3 is 0 Å². The molecule has 0 radical (unpaired) electrons. The van der Waals surface area contributed by atoms with Crippen molar-refractivity contribution in [1.82, 2.24) is 4.98 Å². The maximum atomic E-state index is 12.1. The summed E-state index contributed by atoms with van der Waals surface area (Å²) >= 11 is 0. The van der Waals surface area contributed by atoms with Gasteiger partial charge in [0, 0.05) is 24.0 Å². The molecular formula is C15H19N3O2S. The molecule has 0 spiro atoms. The highest BCUT2D eigenvalue weighted by atomic mass is 32.2. The summed E-state index contributed by atoms with van der Waals surface area (Å²) < 4.78 is 26.7. The molecule has 0 aliphatic carbocycles. The Hall–Kier alpha value is -2.08. The predicted octanol–water partition coefficient (Wildman–Crippen LogP) is 2.21. The van der Waals surface area contributed by atoms with Gasteiger partial charge in [-0.3, -0.25) is 9.71 Å². The van der Waals surface area contributed by atoms with E-state index in [2.05, 4.69) is 9.71 Å². The van der Waals surface area contributed by atoms with Gasteiger partial charge in [-0.2, -0.15) is 0 Å². The molecule has 112 valence electrons. The summed E-state index contributed by atoms with van der Waals surface area (Å²) in [4.78, 5) is 4.11. The lowest BCUT2D eigenvalue weighted by Gasteiger charge is -2.10. The van der Waals surface area contributed by atoms with Crippen LogP contribution >= 0.6 is 0 Å². The van der Waals surface area contributed by atoms with Crippen LogP contribution in [0.5, 0.6) is 0 Å². The van der Waals surface area contributed by atoms with Crippen LogP contribution in [0.15, 0.2) is 42.6 Å². The second kappa shape index (κ2) is 6.58. The molecule has 0 fully saturated rings. The number of nitrogens with one attached hydrogen (secondary N) is 1. The fourth-order valence-electron chi connectivity index (χ4n) is 2.00. The van der Waals surface area contributed by atoms with E-state index in [0.29, 0.717) is 17.8 Å². The Morgan fingerprint density at radius 1 is 1.24 bits per heavy atom. The van der Waals surface area contributed by atoms with E-state index in [0.717, 1.165) is 17.7 Å². The highest BCUT2D eigenvalue weighted by Gasteiger charge is 2.12. The number of hydrogen-bond acceptors (Lipinski definition) is 4. The second-order valence-corrected chi connectivity index (χ2v) is 6.60. The zero-order chi connectivity index (χ0) is 15.3. The number of rotatable bonds is 6. The molecule has 2 aromatic rings. The Morgan fingerprint density at radius 2 is 2.05 bits per heavy atom. The van der Waals surface area contributed by atoms with Crippen molar-refractivity contribution < 1.29 is 8.42 Å². The number of nitrogens with two attached hydrogens (primary N) is 1. The van der Waals surface area contributed by atoms with Gasteiger partial charge in [-0.05, 0) is 36.2 Å². The number of aromatic nitrogens is 1. The SMILES string of the molecule is CCc1ccc(NS(=O)(=O)CCc2ccccn2)cc1N. The molecule has 0 unspecified atom stereocenters. The first-order valence-corrected chi connectivity index (χ1v) is 8.44. The number of nitrogen functional groups attached to an aromatic ring is 1. The summed E-state index contributed by atoms with van der Waals surface area (Å²) in [6, 6.07) is 10.7. The summed E-state index contributed by atoms with van der Waals surface area (Å²) in [5.74, 6) is -0.0144. The third kappa shape index (κ3) is 4.46. The summed E-state index contributed by atoms with van der Waals surface area (Å²) in [7, 11) is -3.41. The molecule has 6 heteroatoms. The van der Waals surface area contributed by atoms with Gasteiger partial charge in [0.2, 0.25) is 10.0 Å². The molecule has 5 nitrogen and oxygen atoms in total. The first-order chi connectivity index (χ1) is 10.00. The normalized spacial score (nSPS) is 11.3. The average Bonchev–Trinajstić information content (AvgIpc) is 2.46. The van der Waals surface area contributed by atoms with Crippen LogP contribution in [0.25, 0.3) is 0 Å². The van der Waals surface area contributed by atoms with Crippen LogP contribution in [0.1, 0.15) is 18.2 Å². The van der Waals surface area contributed by atoms with Gasteiger partial charge < -0.3 is 5.73 Å². The van der Waals surface area contributed by atoms with Gasteiger partial charge in [0.25, 0.3) is 0 Å². The number of hydrogen-bond donors (Lipinski definition) is 2. The highest BCUT2D eigenvalue weighted by molar-refractivity contribution is 7.92. The standard InChI is InChI=1S/C15H19N3O2S/c1-2-12-6-7-14(11-15(12)16)18-21(19,20)10-8-13-5-3-4-9-17-13/h3-7,9,11,18H,2,8,10,16H2,1H3. The Kier molecular flexibility index (Phi) is 4.80. The molecule has 21 heavy (non-hydrogen) atoms. The number of sulfonamides is 1. The molecule has 0 saturated carbocycles. The highest BCUT2D eigenvalue weighted by Crippen LogP contribution is 2.19. The number of anilines is 2. The molecule has 1 aromatic heterocycles. The number of pyridine rings is 1. The number of nitrogens with zero attached hydrogens (tertiary/aromatic N) is 1. The van der Waals surface area contributed by atoms with E-state index in [1.807, 2.05) is 25.1 Å². The zero-order valence-corrected chi connectivity index (χ0v) is 12.7. The van der Waals surface area contributed by atoms with Crippen molar-refractivity contribution in [3.8, 4) is 0 Å². The van der Waals surface area contributed by atoms with Gasteiger partial charge in [0.15, 0.2) is 0 Å². The van der Waals surface area contributed by atoms with Crippen LogP contribution in [0.4, 0.5) is 11.4 Å². The van der Waals surface area contributed by atoms with E-state index in [-0.39, 0.29) is 5.75 Å². The Bertz CT molecular complexity index is 700. The fourth-order valence-corrected chi connectivity index (χ4v) is 3.06. The third-order valence-corrected chi connectivity index (χ3v) is 4.44. The summed E-state index contributed by atoms with van der Waals surface area (Å²) in [6.07, 6.45) is 2.84. The summed E-state index contributed by atoms with van der Waals surface area (Å²) in [6.45, 7) is 2.00. The van der Waals surface area contributed by atoms with Crippen LogP contribution in [-0.2, 0) is 22.9 Å². The van der Waals surface area contributed by atoms with Crippen LogP contribution in [0.3, 0.4) is 0 Å². The molecule has 1 heterocycles. The van der Waals surface area contributed by atoms with E-state index in [4.69, 9.17) is 5.73 Å². The molecule has 0 atom stereocenters. The molecule has 0 bridgehead atoms. The lowest BCUT2D eigenvalue weighted by molar-refractivity contribution is 0.600. The Morgan fingerprint density at radius 3 is 2.67 bits per heavy atom. The van der Waals surface area contributed by atoms with Crippen molar-refractivity contribution in [1.29, 1.82) is 0 Å². The Balaban J connectivity index is 2.02. The molecule has 0 aliphatic rings. The van der Waals surface area contributed by atoms with E-state index >= 15 is 0 Å². The smallest absolute Gasteiger partial charge is 0.233 e. The van der Waals surface area contributed by atoms with Crippen molar-refractivity contribution in [2.45, 2.75) is 19.8 Å². The zero-order valence-electron chi connectivity index (χ0n) is 11.9. The van der Waals surface area contributed by atoms with E-state index in [1.54, 1.807) is 24.4 Å². The predicted molar refractivity (Wildman–Crippen MR) is 85.6 cm³/mol. The Labute approximate surface area is 125 Å². The largest absolute Gasteiger partial charge is 0.398 e. The maximum Gasteiger partial charge on any atom is 0.233 e. The first-order valence-electron chi connectivity index (χ1n) is 6.79. The van der Waals surface area contributed by atoms with E-state index in [9.17, 15) is 8.42 Å².